The average Bonchev–Trinajstić information content (AvgIpc) is 2.45. The van der Waals surface area contributed by atoms with Crippen molar-refractivity contribution in [2.45, 2.75) is 63.1 Å². The van der Waals surface area contributed by atoms with Crippen LogP contribution in [0.2, 0.25) is 0 Å². The van der Waals surface area contributed by atoms with Crippen LogP contribution < -0.4 is 0 Å². The molecule has 24 heavy (non-hydrogen) atoms. The third-order valence-electron chi connectivity index (χ3n) is 6.55. The lowest BCUT2D eigenvalue weighted by Crippen LogP contribution is -2.54. The minimum absolute atomic E-state index is 0.0540. The van der Waals surface area contributed by atoms with Gasteiger partial charge in [-0.3, -0.25) is 9.59 Å². The summed E-state index contributed by atoms with van der Waals surface area (Å²) in [4.78, 5) is 28.5. The van der Waals surface area contributed by atoms with Gasteiger partial charge in [-0.15, -0.1) is 0 Å². The van der Waals surface area contributed by atoms with Gasteiger partial charge in [-0.25, -0.2) is 0 Å². The molecule has 0 spiro atoms. The molecule has 4 rings (SSSR count). The second-order valence-corrected chi connectivity index (χ2v) is 10.3. The molecule has 4 aliphatic rings. The van der Waals surface area contributed by atoms with Gasteiger partial charge in [0.05, 0.1) is 6.54 Å². The summed E-state index contributed by atoms with van der Waals surface area (Å²) in [5.41, 5.74) is 0.178. The first-order valence-electron chi connectivity index (χ1n) is 9.49. The van der Waals surface area contributed by atoms with Gasteiger partial charge in [-0.1, -0.05) is 15.9 Å². The number of rotatable bonds is 6. The summed E-state index contributed by atoms with van der Waals surface area (Å²) in [5, 5.41) is 0. The Hall–Kier alpha value is -0.580. The van der Waals surface area contributed by atoms with E-state index in [9.17, 15) is 9.59 Å². The van der Waals surface area contributed by atoms with E-state index >= 15 is 0 Å². The van der Waals surface area contributed by atoms with Crippen molar-refractivity contribution in [3.8, 4) is 0 Å². The van der Waals surface area contributed by atoms with E-state index < -0.39 is 0 Å². The minimum Gasteiger partial charge on any atom is -0.342 e. The van der Waals surface area contributed by atoms with Crippen molar-refractivity contribution in [3.63, 3.8) is 0 Å². The summed E-state index contributed by atoms with van der Waals surface area (Å²) < 4.78 is 0.285. The average molecular weight is 399 g/mol. The van der Waals surface area contributed by atoms with E-state index in [0.29, 0.717) is 19.5 Å². The van der Waals surface area contributed by atoms with Crippen LogP contribution in [-0.4, -0.2) is 52.6 Å². The van der Waals surface area contributed by atoms with Gasteiger partial charge in [0.1, 0.15) is 0 Å². The maximum absolute atomic E-state index is 12.8. The molecule has 0 aromatic carbocycles. The molecule has 4 bridgehead atoms. The first-order chi connectivity index (χ1) is 11.3. The number of likely N-dealkylation sites (N-methyl/N-ethyl adjacent to an activating group) is 2. The van der Waals surface area contributed by atoms with Crippen LogP contribution >= 0.6 is 15.9 Å². The zero-order chi connectivity index (χ0) is 17.5. The summed E-state index contributed by atoms with van der Waals surface area (Å²) >= 11 is 4.01. The Kier molecular flexibility index (Phi) is 5.03. The van der Waals surface area contributed by atoms with Crippen LogP contribution in [0.3, 0.4) is 0 Å². The van der Waals surface area contributed by atoms with E-state index in [-0.39, 0.29) is 28.1 Å². The van der Waals surface area contributed by atoms with Crippen molar-refractivity contribution in [1.29, 1.82) is 0 Å². The maximum Gasteiger partial charge on any atom is 0.242 e. The van der Waals surface area contributed by atoms with Crippen LogP contribution in [0.4, 0.5) is 0 Å². The Morgan fingerprint density at radius 2 is 1.62 bits per heavy atom. The number of carbonyl (C=O) groups excluding carboxylic acids is 2. The van der Waals surface area contributed by atoms with E-state index in [0.717, 1.165) is 18.3 Å². The molecule has 2 unspecified atom stereocenters. The number of hydrogen-bond donors (Lipinski definition) is 0. The Bertz CT molecular complexity index is 503. The van der Waals surface area contributed by atoms with Gasteiger partial charge in [0.15, 0.2) is 0 Å². The highest BCUT2D eigenvalue weighted by Gasteiger charge is 2.57. The summed E-state index contributed by atoms with van der Waals surface area (Å²) in [5.74, 6) is 1.79. The molecule has 0 saturated heterocycles. The molecule has 2 amide bonds. The fourth-order valence-electron chi connectivity index (χ4n) is 5.97. The SMILES string of the molecule is CCN(CC)C(=O)CN(C)C(=O)CC12CC3CC(CC(Br)(C3)C1)C2. The smallest absolute Gasteiger partial charge is 0.242 e. The van der Waals surface area contributed by atoms with Crippen LogP contribution in [0, 0.1) is 17.3 Å². The molecule has 0 N–H and O–H groups in total. The fourth-order valence-corrected chi connectivity index (χ4v) is 7.48. The number of halogens is 1. The Labute approximate surface area is 154 Å². The molecular formula is C19H31BrN2O2. The van der Waals surface area contributed by atoms with Crippen molar-refractivity contribution in [2.75, 3.05) is 26.7 Å². The van der Waals surface area contributed by atoms with Crippen LogP contribution in [0.15, 0.2) is 0 Å². The molecule has 0 radical (unpaired) electrons. The molecule has 4 nitrogen and oxygen atoms in total. The third kappa shape index (κ3) is 3.51. The lowest BCUT2D eigenvalue weighted by Gasteiger charge is -2.60. The lowest BCUT2D eigenvalue weighted by atomic mass is 9.48. The molecule has 0 aromatic rings. The lowest BCUT2D eigenvalue weighted by molar-refractivity contribution is -0.143. The monoisotopic (exact) mass is 398 g/mol. The standard InChI is InChI=1S/C19H31BrN2O2/c1-4-22(5-2)17(24)12-21(3)16(23)11-18-7-14-6-15(8-18)10-19(20,9-14)13-18/h14-15H,4-13H2,1-3H3. The predicted octanol–water partition coefficient (Wildman–Crippen LogP) is 3.44. The third-order valence-corrected chi connectivity index (χ3v) is 7.48. The van der Waals surface area contributed by atoms with E-state index in [4.69, 9.17) is 0 Å². The zero-order valence-corrected chi connectivity index (χ0v) is 16.9. The molecule has 5 heteroatoms. The normalized spacial score (nSPS) is 36.7. The molecule has 0 aliphatic heterocycles. The van der Waals surface area contributed by atoms with E-state index in [2.05, 4.69) is 15.9 Å². The fraction of sp³-hybridized carbons (Fsp3) is 0.895. The number of alkyl halides is 1. The summed E-state index contributed by atoms with van der Waals surface area (Å²) in [7, 11) is 1.79. The van der Waals surface area contributed by atoms with Crippen molar-refractivity contribution < 1.29 is 9.59 Å². The van der Waals surface area contributed by atoms with Crippen molar-refractivity contribution >= 4 is 27.7 Å². The molecule has 2 atom stereocenters. The van der Waals surface area contributed by atoms with E-state index in [1.807, 2.05) is 13.8 Å². The maximum atomic E-state index is 12.8. The van der Waals surface area contributed by atoms with Gasteiger partial charge in [0.2, 0.25) is 11.8 Å². The number of carbonyl (C=O) groups is 2. The van der Waals surface area contributed by atoms with E-state index in [1.165, 1.54) is 32.1 Å². The van der Waals surface area contributed by atoms with Crippen molar-refractivity contribution in [2.24, 2.45) is 17.3 Å². The number of amides is 2. The van der Waals surface area contributed by atoms with Gasteiger partial charge in [0, 0.05) is 30.9 Å². The quantitative estimate of drug-likeness (QED) is 0.642. The highest BCUT2D eigenvalue weighted by Crippen LogP contribution is 2.65. The zero-order valence-electron chi connectivity index (χ0n) is 15.3. The Balaban J connectivity index is 1.61. The molecule has 136 valence electrons. The number of hydrogen-bond acceptors (Lipinski definition) is 2. The van der Waals surface area contributed by atoms with E-state index in [1.54, 1.807) is 16.8 Å². The highest BCUT2D eigenvalue weighted by atomic mass is 79.9. The molecule has 0 aromatic heterocycles. The van der Waals surface area contributed by atoms with Gasteiger partial charge in [0.25, 0.3) is 0 Å². The van der Waals surface area contributed by atoms with Crippen LogP contribution in [-0.2, 0) is 9.59 Å². The molecule has 4 aliphatic carbocycles. The van der Waals surface area contributed by atoms with Crippen LogP contribution in [0.25, 0.3) is 0 Å². The number of nitrogens with zero attached hydrogens (tertiary/aromatic N) is 2. The Morgan fingerprint density at radius 3 is 2.12 bits per heavy atom. The summed E-state index contributed by atoms with van der Waals surface area (Å²) in [6, 6.07) is 0. The van der Waals surface area contributed by atoms with Gasteiger partial charge < -0.3 is 9.80 Å². The van der Waals surface area contributed by atoms with Crippen molar-refractivity contribution in [1.82, 2.24) is 9.80 Å². The predicted molar refractivity (Wildman–Crippen MR) is 99.0 cm³/mol. The second-order valence-electron chi connectivity index (χ2n) is 8.60. The topological polar surface area (TPSA) is 40.6 Å². The molecule has 4 saturated carbocycles. The molecular weight excluding hydrogens is 368 g/mol. The first-order valence-corrected chi connectivity index (χ1v) is 10.3. The van der Waals surface area contributed by atoms with Crippen LogP contribution in [0.1, 0.15) is 58.8 Å². The Morgan fingerprint density at radius 1 is 1.04 bits per heavy atom. The van der Waals surface area contributed by atoms with Gasteiger partial charge >= 0.3 is 0 Å². The largest absolute Gasteiger partial charge is 0.342 e. The first kappa shape index (κ1) is 18.2. The highest BCUT2D eigenvalue weighted by molar-refractivity contribution is 9.10. The van der Waals surface area contributed by atoms with Gasteiger partial charge in [-0.05, 0) is 69.6 Å². The van der Waals surface area contributed by atoms with Crippen molar-refractivity contribution in [3.05, 3.63) is 0 Å². The van der Waals surface area contributed by atoms with Crippen LogP contribution in [0.5, 0.6) is 0 Å². The van der Waals surface area contributed by atoms with Gasteiger partial charge in [-0.2, -0.15) is 0 Å². The second kappa shape index (κ2) is 6.62. The molecule has 0 heterocycles. The molecule has 4 fully saturated rings. The summed E-state index contributed by atoms with van der Waals surface area (Å²) in [6.07, 6.45) is 8.11. The minimum atomic E-state index is 0.0540. The summed E-state index contributed by atoms with van der Waals surface area (Å²) in [6.45, 7) is 5.58.